The summed E-state index contributed by atoms with van der Waals surface area (Å²) in [6, 6.07) is 8.70. The first-order chi connectivity index (χ1) is 11.6. The van der Waals surface area contributed by atoms with Gasteiger partial charge >= 0.3 is 0 Å². The molecule has 1 aromatic carbocycles. The first-order valence-corrected chi connectivity index (χ1v) is 8.98. The summed E-state index contributed by atoms with van der Waals surface area (Å²) in [6.07, 6.45) is 5.31. The number of amides is 2. The van der Waals surface area contributed by atoms with Gasteiger partial charge in [0, 0.05) is 24.6 Å². The molecule has 2 amide bonds. The predicted octanol–water partition coefficient (Wildman–Crippen LogP) is 1.96. The molecular weight excluding hydrogens is 304 g/mol. The Balaban J connectivity index is 1.53. The maximum atomic E-state index is 12.6. The Morgan fingerprint density at radius 1 is 1.04 bits per heavy atom. The minimum Gasteiger partial charge on any atom is -0.389 e. The number of nitrogens with zero attached hydrogens (tertiary/aromatic N) is 1. The van der Waals surface area contributed by atoms with E-state index in [1.165, 1.54) is 6.42 Å². The van der Waals surface area contributed by atoms with E-state index in [-0.39, 0.29) is 23.8 Å². The lowest BCUT2D eigenvalue weighted by atomic mass is 9.87. The van der Waals surface area contributed by atoms with Gasteiger partial charge < -0.3 is 15.3 Å². The van der Waals surface area contributed by atoms with Gasteiger partial charge in [0.2, 0.25) is 5.91 Å². The maximum absolute atomic E-state index is 12.6. The molecule has 0 bridgehead atoms. The lowest BCUT2D eigenvalue weighted by Gasteiger charge is -2.38. The van der Waals surface area contributed by atoms with Crippen molar-refractivity contribution >= 4 is 11.8 Å². The van der Waals surface area contributed by atoms with Crippen LogP contribution in [0.15, 0.2) is 30.3 Å². The van der Waals surface area contributed by atoms with Crippen molar-refractivity contribution in [1.82, 2.24) is 10.2 Å². The number of β-amino-alcohol motifs (C(OH)–C–C–N with tert-alkyl or cyclic N) is 1. The molecule has 3 rings (SSSR count). The summed E-state index contributed by atoms with van der Waals surface area (Å²) < 4.78 is 0. The molecule has 1 aromatic rings. The highest BCUT2D eigenvalue weighted by Crippen LogP contribution is 2.26. The molecule has 24 heavy (non-hydrogen) atoms. The largest absolute Gasteiger partial charge is 0.389 e. The smallest absolute Gasteiger partial charge is 0.251 e. The van der Waals surface area contributed by atoms with Crippen LogP contribution in [-0.4, -0.2) is 47.1 Å². The Labute approximate surface area is 143 Å². The molecule has 0 spiro atoms. The summed E-state index contributed by atoms with van der Waals surface area (Å²) in [6.45, 7) is 0.918. The summed E-state index contributed by atoms with van der Waals surface area (Å²) >= 11 is 0. The first kappa shape index (κ1) is 17.0. The van der Waals surface area contributed by atoms with Gasteiger partial charge in [0.15, 0.2) is 0 Å². The van der Waals surface area contributed by atoms with E-state index in [1.54, 1.807) is 17.0 Å². The van der Waals surface area contributed by atoms with Crippen molar-refractivity contribution in [3.05, 3.63) is 35.9 Å². The number of piperidine rings is 1. The van der Waals surface area contributed by atoms with Gasteiger partial charge in [-0.05, 0) is 31.4 Å². The number of nitrogens with one attached hydrogen (secondary N) is 1. The van der Waals surface area contributed by atoms with Crippen LogP contribution in [0.3, 0.4) is 0 Å². The van der Waals surface area contributed by atoms with E-state index in [4.69, 9.17) is 0 Å². The zero-order valence-electron chi connectivity index (χ0n) is 14.0. The highest BCUT2D eigenvalue weighted by molar-refractivity contribution is 5.94. The number of carbonyl (C=O) groups is 2. The summed E-state index contributed by atoms with van der Waals surface area (Å²) in [4.78, 5) is 26.6. The minimum atomic E-state index is -0.709. The van der Waals surface area contributed by atoms with Gasteiger partial charge in [0.05, 0.1) is 12.1 Å². The Hall–Kier alpha value is -1.88. The van der Waals surface area contributed by atoms with Gasteiger partial charge in [-0.15, -0.1) is 0 Å². The van der Waals surface area contributed by atoms with Gasteiger partial charge in [-0.25, -0.2) is 0 Å². The van der Waals surface area contributed by atoms with Crippen molar-refractivity contribution in [1.29, 1.82) is 0 Å². The van der Waals surface area contributed by atoms with Crippen molar-refractivity contribution in [2.75, 3.05) is 13.1 Å². The van der Waals surface area contributed by atoms with Crippen LogP contribution in [0.25, 0.3) is 0 Å². The summed E-state index contributed by atoms with van der Waals surface area (Å²) in [5.41, 5.74) is 0.588. The second-order valence-electron chi connectivity index (χ2n) is 6.92. The number of aliphatic hydroxyl groups is 1. The van der Waals surface area contributed by atoms with E-state index in [0.29, 0.717) is 25.1 Å². The summed E-state index contributed by atoms with van der Waals surface area (Å²) in [5.74, 6) is 0.134. The van der Waals surface area contributed by atoms with E-state index in [9.17, 15) is 14.7 Å². The van der Waals surface area contributed by atoms with Crippen molar-refractivity contribution < 1.29 is 14.7 Å². The van der Waals surface area contributed by atoms with Crippen LogP contribution in [0.4, 0.5) is 0 Å². The first-order valence-electron chi connectivity index (χ1n) is 8.98. The third-order valence-electron chi connectivity index (χ3n) is 5.20. The number of rotatable bonds is 3. The molecule has 130 valence electrons. The Morgan fingerprint density at radius 3 is 2.42 bits per heavy atom. The number of carbonyl (C=O) groups excluding carboxylic acids is 2. The van der Waals surface area contributed by atoms with E-state index in [0.717, 1.165) is 25.7 Å². The molecule has 0 unspecified atom stereocenters. The van der Waals surface area contributed by atoms with E-state index >= 15 is 0 Å². The zero-order chi connectivity index (χ0) is 16.9. The fourth-order valence-corrected chi connectivity index (χ4v) is 3.75. The summed E-state index contributed by atoms with van der Waals surface area (Å²) in [7, 11) is 0. The van der Waals surface area contributed by atoms with Gasteiger partial charge in [-0.1, -0.05) is 37.5 Å². The zero-order valence-corrected chi connectivity index (χ0v) is 14.0. The second kappa shape index (κ2) is 7.79. The molecule has 1 aliphatic heterocycles. The van der Waals surface area contributed by atoms with Crippen LogP contribution in [0.1, 0.15) is 48.9 Å². The molecule has 1 aliphatic carbocycles. The number of likely N-dealkylation sites (tertiary alicyclic amines) is 1. The summed E-state index contributed by atoms with van der Waals surface area (Å²) in [5, 5.41) is 13.3. The van der Waals surface area contributed by atoms with E-state index < -0.39 is 6.10 Å². The molecule has 1 saturated carbocycles. The van der Waals surface area contributed by atoms with Crippen LogP contribution in [0, 0.1) is 5.92 Å². The molecule has 5 heteroatoms. The minimum absolute atomic E-state index is 0.126. The monoisotopic (exact) mass is 330 g/mol. The van der Waals surface area contributed by atoms with Gasteiger partial charge in [-0.3, -0.25) is 9.59 Å². The third kappa shape index (κ3) is 3.96. The number of benzene rings is 1. The van der Waals surface area contributed by atoms with E-state index in [1.807, 2.05) is 18.2 Å². The normalized spacial score (nSPS) is 25.3. The Kier molecular flexibility index (Phi) is 5.51. The Bertz CT molecular complexity index is 569. The highest BCUT2D eigenvalue weighted by atomic mass is 16.3. The fraction of sp³-hybridized carbons (Fsp3) is 0.579. The van der Waals surface area contributed by atoms with Crippen molar-refractivity contribution in [3.63, 3.8) is 0 Å². The van der Waals surface area contributed by atoms with E-state index in [2.05, 4.69) is 5.32 Å². The van der Waals surface area contributed by atoms with Crippen LogP contribution in [0.2, 0.25) is 0 Å². The topological polar surface area (TPSA) is 69.6 Å². The number of hydrogen-bond acceptors (Lipinski definition) is 3. The fourth-order valence-electron chi connectivity index (χ4n) is 3.75. The standard InChI is InChI=1S/C19H26N2O3/c22-17-13-21(19(24)15-9-5-2-6-10-15)12-11-16(17)20-18(23)14-7-3-1-4-8-14/h1,3-4,7-8,15-17,22H,2,5-6,9-13H2,(H,20,23)/t16-,17-/m1/s1. The Morgan fingerprint density at radius 2 is 1.75 bits per heavy atom. The van der Waals surface area contributed by atoms with Gasteiger partial charge in [0.1, 0.15) is 0 Å². The van der Waals surface area contributed by atoms with Crippen LogP contribution >= 0.6 is 0 Å². The maximum Gasteiger partial charge on any atom is 0.251 e. The average molecular weight is 330 g/mol. The van der Waals surface area contributed by atoms with Crippen molar-refractivity contribution in [2.24, 2.45) is 5.92 Å². The molecule has 2 aliphatic rings. The molecule has 5 nitrogen and oxygen atoms in total. The predicted molar refractivity (Wildman–Crippen MR) is 91.5 cm³/mol. The van der Waals surface area contributed by atoms with Crippen LogP contribution in [0.5, 0.6) is 0 Å². The molecule has 2 atom stereocenters. The average Bonchev–Trinajstić information content (AvgIpc) is 2.64. The lowest BCUT2D eigenvalue weighted by Crippen LogP contribution is -2.56. The molecule has 1 heterocycles. The molecule has 1 saturated heterocycles. The van der Waals surface area contributed by atoms with Crippen LogP contribution in [-0.2, 0) is 4.79 Å². The third-order valence-corrected chi connectivity index (χ3v) is 5.20. The molecule has 0 radical (unpaired) electrons. The number of hydrogen-bond donors (Lipinski definition) is 2. The van der Waals surface area contributed by atoms with Crippen molar-refractivity contribution in [3.8, 4) is 0 Å². The molecule has 0 aromatic heterocycles. The quantitative estimate of drug-likeness (QED) is 0.890. The SMILES string of the molecule is O=C(N[C@@H]1CCN(C(=O)C2CCCCC2)C[C@H]1O)c1ccccc1. The lowest BCUT2D eigenvalue weighted by molar-refractivity contribution is -0.140. The number of aliphatic hydroxyl groups excluding tert-OH is 1. The highest BCUT2D eigenvalue weighted by Gasteiger charge is 2.34. The van der Waals surface area contributed by atoms with Crippen molar-refractivity contribution in [2.45, 2.75) is 50.7 Å². The van der Waals surface area contributed by atoms with Crippen LogP contribution < -0.4 is 5.32 Å². The molecular formula is C19H26N2O3. The van der Waals surface area contributed by atoms with Gasteiger partial charge in [0.25, 0.3) is 5.91 Å². The molecule has 2 fully saturated rings. The second-order valence-corrected chi connectivity index (χ2v) is 6.92. The van der Waals surface area contributed by atoms with Gasteiger partial charge in [-0.2, -0.15) is 0 Å². The molecule has 2 N–H and O–H groups in total.